The van der Waals surface area contributed by atoms with Crippen LogP contribution in [0.4, 0.5) is 0 Å². The van der Waals surface area contributed by atoms with Gasteiger partial charge in [0.2, 0.25) is 0 Å². The fraction of sp³-hybridized carbons (Fsp3) is 0.765. The van der Waals surface area contributed by atoms with Crippen molar-refractivity contribution in [2.45, 2.75) is 59.7 Å². The lowest BCUT2D eigenvalue weighted by Crippen LogP contribution is -2.37. The molecule has 0 aromatic heterocycles. The maximum atomic E-state index is 12.2. The van der Waals surface area contributed by atoms with Crippen LogP contribution >= 0.6 is 0 Å². The molecule has 0 saturated heterocycles. The minimum atomic E-state index is -0.788. The quantitative estimate of drug-likeness (QED) is 0.756. The van der Waals surface area contributed by atoms with Gasteiger partial charge in [0.15, 0.2) is 5.78 Å². The van der Waals surface area contributed by atoms with Crippen LogP contribution < -0.4 is 0 Å². The number of cyclic esters (lactones) is 1. The average Bonchev–Trinajstić information content (AvgIpc) is 2.46. The maximum Gasteiger partial charge on any atom is 0.311 e. The van der Waals surface area contributed by atoms with Crippen LogP contribution in [-0.4, -0.2) is 29.1 Å². The van der Waals surface area contributed by atoms with Crippen LogP contribution in [0.2, 0.25) is 0 Å². The predicted octanol–water partition coefficient (Wildman–Crippen LogP) is 2.74. The lowest BCUT2D eigenvalue weighted by molar-refractivity contribution is -0.160. The topological polar surface area (TPSA) is 63.6 Å². The molecule has 0 radical (unpaired) electrons. The highest BCUT2D eigenvalue weighted by molar-refractivity contribution is 5.91. The number of rotatable bonds is 1. The molecule has 0 aliphatic carbocycles. The third-order valence-corrected chi connectivity index (χ3v) is 4.50. The molecule has 0 unspecified atom stereocenters. The van der Waals surface area contributed by atoms with Gasteiger partial charge < -0.3 is 9.84 Å². The molecule has 1 rings (SSSR count). The van der Waals surface area contributed by atoms with Gasteiger partial charge in [-0.25, -0.2) is 0 Å². The lowest BCUT2D eigenvalue weighted by Gasteiger charge is -2.29. The Morgan fingerprint density at radius 3 is 2.43 bits per heavy atom. The minimum Gasteiger partial charge on any atom is -0.461 e. The van der Waals surface area contributed by atoms with Gasteiger partial charge in [-0.15, -0.1) is 0 Å². The molecule has 0 bridgehead atoms. The highest BCUT2D eigenvalue weighted by atomic mass is 16.5. The molecule has 0 aromatic carbocycles. The van der Waals surface area contributed by atoms with Gasteiger partial charge in [0, 0.05) is 11.8 Å². The van der Waals surface area contributed by atoms with E-state index in [0.29, 0.717) is 12.8 Å². The van der Waals surface area contributed by atoms with E-state index in [1.807, 2.05) is 33.8 Å². The van der Waals surface area contributed by atoms with Gasteiger partial charge in [0.25, 0.3) is 0 Å². The normalized spacial score (nSPS) is 39.3. The Morgan fingerprint density at radius 1 is 1.24 bits per heavy atom. The van der Waals surface area contributed by atoms with E-state index in [4.69, 9.17) is 4.74 Å². The Hall–Kier alpha value is -1.16. The molecule has 1 aliphatic heterocycles. The first-order valence-corrected chi connectivity index (χ1v) is 7.88. The molecule has 0 aromatic rings. The summed E-state index contributed by atoms with van der Waals surface area (Å²) in [5.41, 5.74) is 0. The van der Waals surface area contributed by atoms with E-state index in [-0.39, 0.29) is 35.6 Å². The molecule has 1 heterocycles. The summed E-state index contributed by atoms with van der Waals surface area (Å²) >= 11 is 0. The summed E-state index contributed by atoms with van der Waals surface area (Å²) in [4.78, 5) is 24.3. The summed E-state index contributed by atoms with van der Waals surface area (Å²) in [5.74, 6) is -1.17. The zero-order chi connectivity index (χ0) is 16.2. The second-order valence-electron chi connectivity index (χ2n) is 6.40. The van der Waals surface area contributed by atoms with Gasteiger partial charge in [-0.3, -0.25) is 9.59 Å². The zero-order valence-electron chi connectivity index (χ0n) is 13.7. The molecular formula is C17H28O4. The van der Waals surface area contributed by atoms with Crippen molar-refractivity contribution < 1.29 is 19.4 Å². The van der Waals surface area contributed by atoms with E-state index in [0.717, 1.165) is 0 Å². The highest BCUT2D eigenvalue weighted by Crippen LogP contribution is 2.25. The van der Waals surface area contributed by atoms with Crippen molar-refractivity contribution in [1.29, 1.82) is 0 Å². The first-order valence-electron chi connectivity index (χ1n) is 7.88. The third-order valence-electron chi connectivity index (χ3n) is 4.50. The Kier molecular flexibility index (Phi) is 6.59. The molecule has 6 atom stereocenters. The summed E-state index contributed by atoms with van der Waals surface area (Å²) < 4.78 is 5.52. The number of allylic oxidation sites excluding steroid dienone is 1. The van der Waals surface area contributed by atoms with E-state index in [9.17, 15) is 14.7 Å². The fourth-order valence-corrected chi connectivity index (χ4v) is 2.80. The Labute approximate surface area is 127 Å². The molecule has 0 spiro atoms. The summed E-state index contributed by atoms with van der Waals surface area (Å²) in [6, 6.07) is 0. The smallest absolute Gasteiger partial charge is 0.311 e. The molecule has 4 heteroatoms. The van der Waals surface area contributed by atoms with Crippen molar-refractivity contribution in [3.05, 3.63) is 12.2 Å². The van der Waals surface area contributed by atoms with Gasteiger partial charge in [-0.1, -0.05) is 33.8 Å². The summed E-state index contributed by atoms with van der Waals surface area (Å²) in [7, 11) is 0. The van der Waals surface area contributed by atoms with Crippen LogP contribution in [-0.2, 0) is 14.3 Å². The van der Waals surface area contributed by atoms with Crippen molar-refractivity contribution in [1.82, 2.24) is 0 Å². The van der Waals surface area contributed by atoms with E-state index < -0.39 is 12.0 Å². The molecule has 1 aliphatic rings. The molecule has 0 saturated carbocycles. The Morgan fingerprint density at radius 2 is 1.86 bits per heavy atom. The number of ether oxygens (including phenoxy) is 1. The maximum absolute atomic E-state index is 12.2. The van der Waals surface area contributed by atoms with E-state index in [1.165, 1.54) is 0 Å². The molecule has 21 heavy (non-hydrogen) atoms. The lowest BCUT2D eigenvalue weighted by atomic mass is 9.84. The van der Waals surface area contributed by atoms with Gasteiger partial charge in [-0.05, 0) is 31.8 Å². The molecule has 0 amide bonds. The molecular weight excluding hydrogens is 268 g/mol. The van der Waals surface area contributed by atoms with Crippen molar-refractivity contribution in [3.63, 3.8) is 0 Å². The number of ketones is 1. The van der Waals surface area contributed by atoms with Crippen LogP contribution in [0.25, 0.3) is 0 Å². The second-order valence-corrected chi connectivity index (χ2v) is 6.40. The van der Waals surface area contributed by atoms with Crippen molar-refractivity contribution >= 4 is 11.8 Å². The summed E-state index contributed by atoms with van der Waals surface area (Å²) in [6.07, 6.45) is 3.61. The number of esters is 1. The summed E-state index contributed by atoms with van der Waals surface area (Å²) in [5, 5.41) is 10.3. The van der Waals surface area contributed by atoms with Crippen LogP contribution in [0.15, 0.2) is 12.2 Å². The number of carbonyl (C=O) groups is 2. The van der Waals surface area contributed by atoms with E-state index in [1.54, 1.807) is 13.0 Å². The molecule has 4 nitrogen and oxygen atoms in total. The number of aliphatic hydroxyl groups is 1. The molecule has 120 valence electrons. The van der Waals surface area contributed by atoms with Crippen molar-refractivity contribution in [2.24, 2.45) is 23.7 Å². The number of aliphatic hydroxyl groups excluding tert-OH is 1. The summed E-state index contributed by atoms with van der Waals surface area (Å²) in [6.45, 7) is 9.31. The van der Waals surface area contributed by atoms with Gasteiger partial charge in [0.05, 0.1) is 12.0 Å². The van der Waals surface area contributed by atoms with E-state index in [2.05, 4.69) is 0 Å². The zero-order valence-corrected chi connectivity index (χ0v) is 13.7. The highest BCUT2D eigenvalue weighted by Gasteiger charge is 2.32. The van der Waals surface area contributed by atoms with Crippen LogP contribution in [0, 0.1) is 23.7 Å². The first kappa shape index (κ1) is 17.9. The molecule has 0 fully saturated rings. The Bertz CT molecular complexity index is 402. The standard InChI is InChI=1S/C17H28O4/c1-6-15-10(2)7-8-14(18)11(3)9-12(4)16(19)13(5)17(20)21-15/h7-8,10-13,15-16,19H,6,9H2,1-5H3/t10-,11-,12+,13-,15-,16+/m1/s1. The van der Waals surface area contributed by atoms with Gasteiger partial charge >= 0.3 is 5.97 Å². The van der Waals surface area contributed by atoms with Gasteiger partial charge in [-0.2, -0.15) is 0 Å². The average molecular weight is 296 g/mol. The second kappa shape index (κ2) is 7.74. The van der Waals surface area contributed by atoms with E-state index >= 15 is 0 Å². The molecule has 1 N–H and O–H groups in total. The number of carbonyl (C=O) groups excluding carboxylic acids is 2. The first-order chi connectivity index (χ1) is 9.77. The Balaban J connectivity index is 3.04. The number of hydrogen-bond acceptors (Lipinski definition) is 4. The van der Waals surface area contributed by atoms with Gasteiger partial charge in [0.1, 0.15) is 6.10 Å². The van der Waals surface area contributed by atoms with Crippen molar-refractivity contribution in [3.8, 4) is 0 Å². The van der Waals surface area contributed by atoms with Crippen LogP contribution in [0.1, 0.15) is 47.5 Å². The predicted molar refractivity (Wildman–Crippen MR) is 81.6 cm³/mol. The SMILES string of the molecule is CC[C@H]1OC(=O)[C@H](C)[C@@H](O)[C@@H](C)C[C@@H](C)C(=O)C=C[C@H]1C. The fourth-order valence-electron chi connectivity index (χ4n) is 2.80. The van der Waals surface area contributed by atoms with Crippen LogP contribution in [0.5, 0.6) is 0 Å². The van der Waals surface area contributed by atoms with Crippen LogP contribution in [0.3, 0.4) is 0 Å². The minimum absolute atomic E-state index is 0.0173. The third kappa shape index (κ3) is 4.67. The number of hydrogen-bond donors (Lipinski definition) is 1. The van der Waals surface area contributed by atoms with Crippen molar-refractivity contribution in [2.75, 3.05) is 0 Å². The monoisotopic (exact) mass is 296 g/mol. The largest absolute Gasteiger partial charge is 0.461 e.